The molecule has 3 rings (SSSR count). The first-order valence-corrected chi connectivity index (χ1v) is 5.44. The molecule has 0 radical (unpaired) electrons. The lowest BCUT2D eigenvalue weighted by molar-refractivity contribution is 1.12. The van der Waals surface area contributed by atoms with Gasteiger partial charge in [0.05, 0.1) is 17.3 Å². The predicted octanol–water partition coefficient (Wildman–Crippen LogP) is 2.19. The largest absolute Gasteiger partial charge is 0.383 e. The van der Waals surface area contributed by atoms with E-state index in [4.69, 9.17) is 12.2 Å². The molecular weight excluding hydrogens is 224 g/mol. The van der Waals surface area contributed by atoms with E-state index in [2.05, 4.69) is 21.1 Å². The number of H-pyrrole nitrogens is 1. The van der Waals surface area contributed by atoms with Gasteiger partial charge < -0.3 is 5.73 Å². The van der Waals surface area contributed by atoms with Gasteiger partial charge in [-0.05, 0) is 23.8 Å². The van der Waals surface area contributed by atoms with Crippen LogP contribution in [0.4, 0.5) is 5.82 Å². The molecule has 0 spiro atoms. The number of hydrogen-bond acceptors (Lipinski definition) is 3. The van der Waals surface area contributed by atoms with Gasteiger partial charge in [0.15, 0.2) is 0 Å². The number of nitrogens with zero attached hydrogens (tertiary/aromatic N) is 2. The van der Waals surface area contributed by atoms with Crippen LogP contribution < -0.4 is 5.73 Å². The Labute approximate surface area is 104 Å². The molecule has 3 N–H and O–H groups in total. The van der Waals surface area contributed by atoms with Crippen LogP contribution in [0.2, 0.25) is 0 Å². The van der Waals surface area contributed by atoms with E-state index in [-0.39, 0.29) is 0 Å². The first-order chi connectivity index (χ1) is 8.79. The van der Waals surface area contributed by atoms with Gasteiger partial charge in [0.2, 0.25) is 0 Å². The molecule has 2 heterocycles. The Morgan fingerprint density at radius 2 is 2.17 bits per heavy atom. The normalized spacial score (nSPS) is 10.4. The van der Waals surface area contributed by atoms with Crippen molar-refractivity contribution in [3.63, 3.8) is 0 Å². The molecule has 18 heavy (non-hydrogen) atoms. The molecule has 86 valence electrons. The molecule has 0 aliphatic rings. The van der Waals surface area contributed by atoms with E-state index >= 15 is 0 Å². The quantitative estimate of drug-likeness (QED) is 0.634. The van der Waals surface area contributed by atoms with Crippen molar-refractivity contribution in [1.82, 2.24) is 15.2 Å². The second kappa shape index (κ2) is 3.90. The summed E-state index contributed by atoms with van der Waals surface area (Å²) in [6.45, 7) is 0. The van der Waals surface area contributed by atoms with Crippen LogP contribution >= 0.6 is 0 Å². The van der Waals surface area contributed by atoms with E-state index in [9.17, 15) is 0 Å². The Morgan fingerprint density at radius 1 is 1.28 bits per heavy atom. The number of terminal acetylenes is 1. The standard InChI is InChI=1S/C14H10N4/c1-2-11-12(5-6-16-14(11)15)9-3-4-13-10(7-9)8-17-18-13/h1,3-8H,(H2,15,16)(H,17,18). The zero-order chi connectivity index (χ0) is 12.5. The summed E-state index contributed by atoms with van der Waals surface area (Å²) >= 11 is 0. The highest BCUT2D eigenvalue weighted by Crippen LogP contribution is 2.27. The van der Waals surface area contributed by atoms with Crippen LogP contribution in [0.25, 0.3) is 22.0 Å². The lowest BCUT2D eigenvalue weighted by atomic mass is 10.0. The fraction of sp³-hybridized carbons (Fsp3) is 0. The van der Waals surface area contributed by atoms with Crippen LogP contribution in [0, 0.1) is 12.3 Å². The monoisotopic (exact) mass is 234 g/mol. The number of aromatic nitrogens is 3. The first-order valence-electron chi connectivity index (χ1n) is 5.44. The van der Waals surface area contributed by atoms with Crippen molar-refractivity contribution in [2.24, 2.45) is 0 Å². The molecule has 0 atom stereocenters. The topological polar surface area (TPSA) is 67.6 Å². The zero-order valence-corrected chi connectivity index (χ0v) is 9.51. The van der Waals surface area contributed by atoms with Crippen molar-refractivity contribution in [2.45, 2.75) is 0 Å². The van der Waals surface area contributed by atoms with Gasteiger partial charge >= 0.3 is 0 Å². The number of fused-ring (bicyclic) bond motifs is 1. The van der Waals surface area contributed by atoms with Gasteiger partial charge in [0.25, 0.3) is 0 Å². The SMILES string of the molecule is C#Cc1c(-c2ccc3[nH]ncc3c2)ccnc1N. The minimum atomic E-state index is 0.377. The lowest BCUT2D eigenvalue weighted by Gasteiger charge is -2.06. The van der Waals surface area contributed by atoms with Crippen molar-refractivity contribution < 1.29 is 0 Å². The Hall–Kier alpha value is -2.80. The molecule has 3 aromatic rings. The van der Waals surface area contributed by atoms with Crippen LogP contribution in [0.1, 0.15) is 5.56 Å². The smallest absolute Gasteiger partial charge is 0.139 e. The van der Waals surface area contributed by atoms with Gasteiger partial charge in [0, 0.05) is 17.1 Å². The number of pyridine rings is 1. The van der Waals surface area contributed by atoms with Crippen LogP contribution in [0.15, 0.2) is 36.7 Å². The van der Waals surface area contributed by atoms with Crippen molar-refractivity contribution in [2.75, 3.05) is 5.73 Å². The predicted molar refractivity (Wildman–Crippen MR) is 71.7 cm³/mol. The molecule has 1 aromatic carbocycles. The number of nitrogens with two attached hydrogens (primary N) is 1. The van der Waals surface area contributed by atoms with E-state index in [0.717, 1.165) is 22.0 Å². The van der Waals surface area contributed by atoms with Crippen LogP contribution in [-0.2, 0) is 0 Å². The van der Waals surface area contributed by atoms with Crippen LogP contribution in [-0.4, -0.2) is 15.2 Å². The Bertz CT molecular complexity index is 765. The highest BCUT2D eigenvalue weighted by molar-refractivity contribution is 5.86. The summed E-state index contributed by atoms with van der Waals surface area (Å²) in [6.07, 6.45) is 8.93. The molecule has 2 aromatic heterocycles. The lowest BCUT2D eigenvalue weighted by Crippen LogP contribution is -1.96. The summed E-state index contributed by atoms with van der Waals surface area (Å²) in [7, 11) is 0. The van der Waals surface area contributed by atoms with Gasteiger partial charge in [-0.2, -0.15) is 5.10 Å². The van der Waals surface area contributed by atoms with E-state index in [1.54, 1.807) is 12.4 Å². The minimum absolute atomic E-state index is 0.377. The minimum Gasteiger partial charge on any atom is -0.383 e. The summed E-state index contributed by atoms with van der Waals surface area (Å²) in [5.41, 5.74) is 9.32. The number of nitrogen functional groups attached to an aromatic ring is 1. The molecule has 4 nitrogen and oxygen atoms in total. The molecule has 0 saturated carbocycles. The Balaban J connectivity index is 2.26. The van der Waals surface area contributed by atoms with Gasteiger partial charge in [-0.15, -0.1) is 6.42 Å². The summed E-state index contributed by atoms with van der Waals surface area (Å²) in [6, 6.07) is 7.84. The molecule has 0 amide bonds. The highest BCUT2D eigenvalue weighted by Gasteiger charge is 2.08. The van der Waals surface area contributed by atoms with Crippen molar-refractivity contribution in [3.05, 3.63) is 42.2 Å². The first kappa shape index (κ1) is 10.4. The number of anilines is 1. The van der Waals surface area contributed by atoms with Gasteiger partial charge in [-0.25, -0.2) is 4.98 Å². The van der Waals surface area contributed by atoms with Crippen molar-refractivity contribution in [1.29, 1.82) is 0 Å². The summed E-state index contributed by atoms with van der Waals surface area (Å²) in [4.78, 5) is 4.01. The maximum absolute atomic E-state index is 5.79. The fourth-order valence-corrected chi connectivity index (χ4v) is 1.98. The molecule has 0 fully saturated rings. The summed E-state index contributed by atoms with van der Waals surface area (Å²) in [5.74, 6) is 2.97. The third-order valence-corrected chi connectivity index (χ3v) is 2.88. The molecular formula is C14H10N4. The molecule has 0 unspecified atom stereocenters. The van der Waals surface area contributed by atoms with Gasteiger partial charge in [-0.1, -0.05) is 12.0 Å². The number of benzene rings is 1. The number of hydrogen-bond donors (Lipinski definition) is 2. The van der Waals surface area contributed by atoms with E-state index < -0.39 is 0 Å². The van der Waals surface area contributed by atoms with Crippen molar-refractivity contribution >= 4 is 16.7 Å². The van der Waals surface area contributed by atoms with E-state index in [1.165, 1.54) is 0 Å². The van der Waals surface area contributed by atoms with Crippen molar-refractivity contribution in [3.8, 4) is 23.5 Å². The second-order valence-electron chi connectivity index (χ2n) is 3.94. The van der Waals surface area contributed by atoms with Gasteiger partial charge in [-0.3, -0.25) is 5.10 Å². The van der Waals surface area contributed by atoms with Crippen LogP contribution in [0.3, 0.4) is 0 Å². The van der Waals surface area contributed by atoms with E-state index in [1.807, 2.05) is 24.3 Å². The molecule has 0 aliphatic carbocycles. The second-order valence-corrected chi connectivity index (χ2v) is 3.94. The summed E-state index contributed by atoms with van der Waals surface area (Å²) < 4.78 is 0. The Morgan fingerprint density at radius 3 is 3.00 bits per heavy atom. The van der Waals surface area contributed by atoms with Crippen LogP contribution in [0.5, 0.6) is 0 Å². The maximum atomic E-state index is 5.79. The average molecular weight is 234 g/mol. The maximum Gasteiger partial charge on any atom is 0.139 e. The van der Waals surface area contributed by atoms with E-state index in [0.29, 0.717) is 11.4 Å². The van der Waals surface area contributed by atoms with Gasteiger partial charge in [0.1, 0.15) is 5.82 Å². The number of rotatable bonds is 1. The molecule has 0 aliphatic heterocycles. The fourth-order valence-electron chi connectivity index (χ4n) is 1.98. The number of nitrogens with one attached hydrogen (secondary N) is 1. The Kier molecular flexibility index (Phi) is 2.24. The zero-order valence-electron chi connectivity index (χ0n) is 9.51. The third-order valence-electron chi connectivity index (χ3n) is 2.88. The summed E-state index contributed by atoms with van der Waals surface area (Å²) in [5, 5.41) is 7.94. The molecule has 0 bridgehead atoms. The molecule has 0 saturated heterocycles. The third kappa shape index (κ3) is 1.50. The number of aromatic amines is 1. The average Bonchev–Trinajstić information content (AvgIpc) is 2.85. The molecule has 4 heteroatoms. The highest BCUT2D eigenvalue weighted by atomic mass is 15.1.